The quantitative estimate of drug-likeness (QED) is 0.661. The van der Waals surface area contributed by atoms with Gasteiger partial charge in [0.15, 0.2) is 0 Å². The molecule has 1 fully saturated rings. The Morgan fingerprint density at radius 2 is 1.85 bits per heavy atom. The molecule has 5 heteroatoms. The van der Waals surface area contributed by atoms with Crippen molar-refractivity contribution >= 4 is 16.5 Å². The van der Waals surface area contributed by atoms with E-state index in [1.807, 2.05) is 6.92 Å². The molecule has 13 heavy (non-hydrogen) atoms. The molecule has 0 atom stereocenters. The van der Waals surface area contributed by atoms with Gasteiger partial charge in [-0.2, -0.15) is 0 Å². The Bertz CT molecular complexity index is 277. The summed E-state index contributed by atoms with van der Waals surface area (Å²) in [6.07, 6.45) is 0. The fourth-order valence-electron chi connectivity index (χ4n) is 1.41. The predicted molar refractivity (Wildman–Crippen MR) is 54.4 cm³/mol. The average Bonchev–Trinajstić information content (AvgIpc) is 2.53. The Hall–Kier alpha value is -0.680. The molecule has 0 spiro atoms. The van der Waals surface area contributed by atoms with Crippen LogP contribution in [0.2, 0.25) is 0 Å². The Morgan fingerprint density at radius 1 is 1.15 bits per heavy atom. The molecule has 1 aliphatic heterocycles. The molecule has 0 amide bonds. The summed E-state index contributed by atoms with van der Waals surface area (Å²) < 4.78 is 0. The summed E-state index contributed by atoms with van der Waals surface area (Å²) in [6.45, 7) is 6.39. The van der Waals surface area contributed by atoms with Crippen molar-refractivity contribution in [2.75, 3.05) is 38.1 Å². The van der Waals surface area contributed by atoms with E-state index in [1.54, 1.807) is 11.3 Å². The van der Waals surface area contributed by atoms with Gasteiger partial charge in [-0.15, -0.1) is 10.2 Å². The van der Waals surface area contributed by atoms with Crippen molar-refractivity contribution in [2.45, 2.75) is 6.92 Å². The van der Waals surface area contributed by atoms with Gasteiger partial charge in [-0.1, -0.05) is 11.3 Å². The smallest absolute Gasteiger partial charge is 0.208 e. The molecule has 0 saturated carbocycles. The lowest BCUT2D eigenvalue weighted by molar-refractivity contribution is 0.312. The highest BCUT2D eigenvalue weighted by molar-refractivity contribution is 7.15. The summed E-state index contributed by atoms with van der Waals surface area (Å²) in [6, 6.07) is 0. The zero-order valence-electron chi connectivity index (χ0n) is 8.03. The van der Waals surface area contributed by atoms with Crippen molar-refractivity contribution in [3.05, 3.63) is 5.01 Å². The van der Waals surface area contributed by atoms with Crippen LogP contribution in [-0.4, -0.2) is 48.3 Å². The van der Waals surface area contributed by atoms with Crippen molar-refractivity contribution in [3.63, 3.8) is 0 Å². The van der Waals surface area contributed by atoms with Gasteiger partial charge in [-0.05, 0) is 14.0 Å². The largest absolute Gasteiger partial charge is 0.344 e. The van der Waals surface area contributed by atoms with Crippen LogP contribution < -0.4 is 4.90 Å². The van der Waals surface area contributed by atoms with E-state index >= 15 is 0 Å². The van der Waals surface area contributed by atoms with Crippen molar-refractivity contribution < 1.29 is 0 Å². The molecule has 4 nitrogen and oxygen atoms in total. The fraction of sp³-hybridized carbons (Fsp3) is 0.750. The Kier molecular flexibility index (Phi) is 2.46. The van der Waals surface area contributed by atoms with Crippen LogP contribution in [0.5, 0.6) is 0 Å². The highest BCUT2D eigenvalue weighted by Gasteiger charge is 2.16. The topological polar surface area (TPSA) is 32.3 Å². The zero-order valence-corrected chi connectivity index (χ0v) is 8.84. The first-order chi connectivity index (χ1) is 6.25. The van der Waals surface area contributed by atoms with Gasteiger partial charge in [0.1, 0.15) is 5.01 Å². The third-order valence-electron chi connectivity index (χ3n) is 2.29. The van der Waals surface area contributed by atoms with E-state index in [-0.39, 0.29) is 0 Å². The fourth-order valence-corrected chi connectivity index (χ4v) is 2.15. The third kappa shape index (κ3) is 1.97. The number of aryl methyl sites for hydroxylation is 1. The summed E-state index contributed by atoms with van der Waals surface area (Å²) in [7, 11) is 2.16. The summed E-state index contributed by atoms with van der Waals surface area (Å²) in [4.78, 5) is 4.65. The van der Waals surface area contributed by atoms with E-state index in [4.69, 9.17) is 0 Å². The number of aromatic nitrogens is 2. The number of rotatable bonds is 1. The van der Waals surface area contributed by atoms with Crippen molar-refractivity contribution in [1.29, 1.82) is 0 Å². The summed E-state index contributed by atoms with van der Waals surface area (Å²) >= 11 is 1.68. The Labute approximate surface area is 82.2 Å². The average molecular weight is 198 g/mol. The molecule has 0 bridgehead atoms. The monoisotopic (exact) mass is 198 g/mol. The molecule has 0 aromatic carbocycles. The third-order valence-corrected chi connectivity index (χ3v) is 3.19. The molecular weight excluding hydrogens is 184 g/mol. The molecule has 0 N–H and O–H groups in total. The first-order valence-corrected chi connectivity index (χ1v) is 5.31. The SMILES string of the molecule is Cc1nnc(N2CCN(C)CC2)s1. The summed E-state index contributed by atoms with van der Waals surface area (Å²) in [5.74, 6) is 0. The molecule has 0 radical (unpaired) electrons. The molecular formula is C8H14N4S. The number of likely N-dealkylation sites (N-methyl/N-ethyl adjacent to an activating group) is 1. The van der Waals surface area contributed by atoms with Crippen molar-refractivity contribution in [3.8, 4) is 0 Å². The number of nitrogens with zero attached hydrogens (tertiary/aromatic N) is 4. The van der Waals surface area contributed by atoms with Gasteiger partial charge in [0.25, 0.3) is 0 Å². The predicted octanol–water partition coefficient (Wildman–Crippen LogP) is 0.598. The summed E-state index contributed by atoms with van der Waals surface area (Å²) in [5, 5.41) is 10.3. The van der Waals surface area contributed by atoms with Crippen LogP contribution in [0.1, 0.15) is 5.01 Å². The van der Waals surface area contributed by atoms with Crippen molar-refractivity contribution in [1.82, 2.24) is 15.1 Å². The minimum absolute atomic E-state index is 1.05. The second-order valence-corrected chi connectivity index (χ2v) is 4.55. The first-order valence-electron chi connectivity index (χ1n) is 4.49. The summed E-state index contributed by atoms with van der Waals surface area (Å²) in [5.41, 5.74) is 0. The van der Waals surface area contributed by atoms with E-state index in [0.29, 0.717) is 0 Å². The lowest BCUT2D eigenvalue weighted by Crippen LogP contribution is -2.44. The maximum atomic E-state index is 4.14. The van der Waals surface area contributed by atoms with Gasteiger partial charge in [0.2, 0.25) is 5.13 Å². The van der Waals surface area contributed by atoms with E-state index in [2.05, 4.69) is 27.0 Å². The molecule has 1 aliphatic rings. The van der Waals surface area contributed by atoms with Gasteiger partial charge in [-0.3, -0.25) is 0 Å². The van der Waals surface area contributed by atoms with E-state index in [1.165, 1.54) is 0 Å². The molecule has 2 heterocycles. The van der Waals surface area contributed by atoms with Gasteiger partial charge < -0.3 is 9.80 Å². The Balaban J connectivity index is 2.02. The van der Waals surface area contributed by atoms with Gasteiger partial charge in [0.05, 0.1) is 0 Å². The molecule has 1 saturated heterocycles. The van der Waals surface area contributed by atoms with Crippen LogP contribution in [0.15, 0.2) is 0 Å². The Morgan fingerprint density at radius 3 is 2.38 bits per heavy atom. The van der Waals surface area contributed by atoms with Crippen LogP contribution in [0, 0.1) is 6.92 Å². The van der Waals surface area contributed by atoms with Gasteiger partial charge >= 0.3 is 0 Å². The van der Waals surface area contributed by atoms with E-state index in [0.717, 1.165) is 36.3 Å². The van der Waals surface area contributed by atoms with E-state index < -0.39 is 0 Å². The van der Waals surface area contributed by atoms with Crippen LogP contribution in [0.4, 0.5) is 5.13 Å². The van der Waals surface area contributed by atoms with Crippen LogP contribution in [0.3, 0.4) is 0 Å². The minimum Gasteiger partial charge on any atom is -0.344 e. The molecule has 1 aromatic heterocycles. The lowest BCUT2D eigenvalue weighted by Gasteiger charge is -2.31. The molecule has 72 valence electrons. The van der Waals surface area contributed by atoms with Gasteiger partial charge in [0, 0.05) is 26.2 Å². The lowest BCUT2D eigenvalue weighted by atomic mass is 10.3. The van der Waals surface area contributed by atoms with Crippen LogP contribution in [-0.2, 0) is 0 Å². The second kappa shape index (κ2) is 3.59. The number of anilines is 1. The second-order valence-electron chi connectivity index (χ2n) is 3.39. The molecule has 1 aromatic rings. The number of piperazine rings is 1. The van der Waals surface area contributed by atoms with Crippen LogP contribution >= 0.6 is 11.3 Å². The highest BCUT2D eigenvalue weighted by Crippen LogP contribution is 2.20. The molecule has 0 unspecified atom stereocenters. The normalized spacial score (nSPS) is 19.4. The standard InChI is InChI=1S/C8H14N4S/c1-7-9-10-8(13-7)12-5-3-11(2)4-6-12/h3-6H2,1-2H3. The van der Waals surface area contributed by atoms with Gasteiger partial charge in [-0.25, -0.2) is 0 Å². The van der Waals surface area contributed by atoms with Crippen molar-refractivity contribution in [2.24, 2.45) is 0 Å². The minimum atomic E-state index is 1.05. The molecule has 0 aliphatic carbocycles. The zero-order chi connectivity index (χ0) is 9.26. The number of hydrogen-bond acceptors (Lipinski definition) is 5. The first kappa shape index (κ1) is 8.90. The van der Waals surface area contributed by atoms with Crippen LogP contribution in [0.25, 0.3) is 0 Å². The maximum Gasteiger partial charge on any atom is 0.208 e. The molecule has 2 rings (SSSR count). The highest BCUT2D eigenvalue weighted by atomic mass is 32.1. The van der Waals surface area contributed by atoms with E-state index in [9.17, 15) is 0 Å². The maximum absolute atomic E-state index is 4.14. The number of hydrogen-bond donors (Lipinski definition) is 0.